The van der Waals surface area contributed by atoms with E-state index in [1.54, 1.807) is 31.2 Å². The summed E-state index contributed by atoms with van der Waals surface area (Å²) in [5, 5.41) is 14.2. The van der Waals surface area contributed by atoms with Crippen molar-refractivity contribution >= 4 is 55.6 Å². The molecule has 0 aliphatic rings. The lowest BCUT2D eigenvalue weighted by atomic mass is 10.1. The van der Waals surface area contributed by atoms with E-state index in [4.69, 9.17) is 30.5 Å². The second-order valence-electron chi connectivity index (χ2n) is 7.75. The number of carbonyl (C=O) groups excluding carboxylic acids is 1. The number of nitrogens with one attached hydrogen (secondary N) is 1. The monoisotopic (exact) mass is 664 g/mol. The van der Waals surface area contributed by atoms with E-state index < -0.39 is 12.5 Å². The van der Waals surface area contributed by atoms with Crippen molar-refractivity contribution in [3.63, 3.8) is 0 Å². The van der Waals surface area contributed by atoms with E-state index in [1.807, 2.05) is 12.1 Å². The summed E-state index contributed by atoms with van der Waals surface area (Å²) in [4.78, 5) is 16.6. The van der Waals surface area contributed by atoms with Gasteiger partial charge < -0.3 is 18.9 Å². The molecule has 198 valence electrons. The third-order valence-corrected chi connectivity index (χ3v) is 6.95. The molecule has 0 bridgehead atoms. The average Bonchev–Trinajstić information content (AvgIpc) is 2.90. The van der Waals surface area contributed by atoms with Gasteiger partial charge in [0.25, 0.3) is 5.91 Å². The first-order chi connectivity index (χ1) is 18.3. The van der Waals surface area contributed by atoms with E-state index in [1.165, 1.54) is 20.4 Å². The van der Waals surface area contributed by atoms with Crippen LogP contribution in [0.15, 0.2) is 50.4 Å². The molecule has 0 aliphatic carbocycles. The fraction of sp³-hybridized carbons (Fsp3) is 0.231. The average molecular weight is 667 g/mol. The summed E-state index contributed by atoms with van der Waals surface area (Å²) in [6.07, 6.45) is 1.45. The Labute approximate surface area is 242 Å². The number of aryl methyl sites for hydroxylation is 1. The minimum absolute atomic E-state index is 0.0437. The maximum atomic E-state index is 12.3. The van der Waals surface area contributed by atoms with Gasteiger partial charge in [-0.15, -0.1) is 0 Å². The molecular formula is C26H23Br2ClN4O5. The maximum absolute atomic E-state index is 12.3. The van der Waals surface area contributed by atoms with E-state index in [0.717, 1.165) is 5.56 Å². The fourth-order valence-electron chi connectivity index (χ4n) is 3.25. The molecule has 1 amide bonds. The molecular weight excluding hydrogens is 644 g/mol. The van der Waals surface area contributed by atoms with Crippen molar-refractivity contribution in [1.82, 2.24) is 10.4 Å². The van der Waals surface area contributed by atoms with Crippen molar-refractivity contribution in [2.24, 2.45) is 5.10 Å². The zero-order chi connectivity index (χ0) is 27.7. The third kappa shape index (κ3) is 7.68. The van der Waals surface area contributed by atoms with Crippen LogP contribution in [0, 0.1) is 18.3 Å². The van der Waals surface area contributed by atoms with E-state index in [-0.39, 0.29) is 18.1 Å². The number of nitriles is 1. The number of hydrogen-bond acceptors (Lipinski definition) is 8. The fourth-order valence-corrected chi connectivity index (χ4v) is 4.35. The van der Waals surface area contributed by atoms with Crippen molar-refractivity contribution < 1.29 is 23.7 Å². The van der Waals surface area contributed by atoms with Crippen LogP contribution in [0.3, 0.4) is 0 Å². The highest BCUT2D eigenvalue weighted by Crippen LogP contribution is 2.37. The Bertz CT molecular complexity index is 1380. The molecule has 0 saturated heterocycles. The van der Waals surface area contributed by atoms with E-state index >= 15 is 0 Å². The number of pyridine rings is 1. The van der Waals surface area contributed by atoms with Crippen LogP contribution >= 0.6 is 43.5 Å². The van der Waals surface area contributed by atoms with Gasteiger partial charge in [0, 0.05) is 22.2 Å². The molecule has 0 saturated carbocycles. The van der Waals surface area contributed by atoms with Crippen LogP contribution in [0.25, 0.3) is 0 Å². The van der Waals surface area contributed by atoms with Gasteiger partial charge in [-0.25, -0.2) is 10.4 Å². The van der Waals surface area contributed by atoms with Crippen LogP contribution < -0.4 is 19.6 Å². The molecule has 0 atom stereocenters. The second-order valence-corrected chi connectivity index (χ2v) is 9.83. The molecule has 0 fully saturated rings. The van der Waals surface area contributed by atoms with Gasteiger partial charge in [0.15, 0.2) is 18.1 Å². The molecule has 12 heteroatoms. The van der Waals surface area contributed by atoms with Crippen LogP contribution in [0.1, 0.15) is 27.9 Å². The van der Waals surface area contributed by atoms with Crippen molar-refractivity contribution in [1.29, 1.82) is 5.26 Å². The number of rotatable bonds is 11. The first-order valence-corrected chi connectivity index (χ1v) is 13.0. The molecule has 1 heterocycles. The number of ether oxygens (including phenoxy) is 4. The number of aromatic nitrogens is 1. The van der Waals surface area contributed by atoms with Crippen molar-refractivity contribution in [2.45, 2.75) is 20.1 Å². The van der Waals surface area contributed by atoms with Gasteiger partial charge in [0.2, 0.25) is 5.88 Å². The van der Waals surface area contributed by atoms with E-state index in [0.29, 0.717) is 48.9 Å². The summed E-state index contributed by atoms with van der Waals surface area (Å²) < 4.78 is 23.4. The zero-order valence-electron chi connectivity index (χ0n) is 20.7. The minimum Gasteiger partial charge on any atom is -0.493 e. The summed E-state index contributed by atoms with van der Waals surface area (Å²) in [6.45, 7) is 1.87. The lowest BCUT2D eigenvalue weighted by Gasteiger charge is -2.14. The molecule has 0 radical (unpaired) electrons. The first kappa shape index (κ1) is 29.4. The Morgan fingerprint density at radius 3 is 2.58 bits per heavy atom. The van der Waals surface area contributed by atoms with Gasteiger partial charge in [0.05, 0.1) is 30.1 Å². The Kier molecular flexibility index (Phi) is 10.9. The number of amides is 1. The Balaban J connectivity index is 1.63. The van der Waals surface area contributed by atoms with Crippen LogP contribution in [0.5, 0.6) is 17.4 Å². The normalized spacial score (nSPS) is 10.8. The molecule has 3 rings (SSSR count). The zero-order valence-corrected chi connectivity index (χ0v) is 24.6. The molecule has 2 aromatic carbocycles. The first-order valence-electron chi connectivity index (χ1n) is 11.0. The van der Waals surface area contributed by atoms with Crippen LogP contribution in [-0.2, 0) is 22.7 Å². The summed E-state index contributed by atoms with van der Waals surface area (Å²) in [6, 6.07) is 12.9. The summed E-state index contributed by atoms with van der Waals surface area (Å²) in [5.74, 6) is 0.518. The van der Waals surface area contributed by atoms with Crippen molar-refractivity contribution in [3.05, 3.63) is 78.3 Å². The Hall–Kier alpha value is -3.17. The number of halogens is 3. The smallest absolute Gasteiger partial charge is 0.278 e. The number of methoxy groups -OCH3 is 2. The minimum atomic E-state index is -0.533. The summed E-state index contributed by atoms with van der Waals surface area (Å²) >= 11 is 12.8. The second kappa shape index (κ2) is 14.1. The van der Waals surface area contributed by atoms with Gasteiger partial charge in [-0.05, 0) is 74.2 Å². The number of nitrogens with zero attached hydrogens (tertiary/aromatic N) is 3. The highest BCUT2D eigenvalue weighted by atomic mass is 79.9. The predicted molar refractivity (Wildman–Crippen MR) is 150 cm³/mol. The SMILES string of the molecule is COCc1c(Br)c(C)nc(OCC(=O)N/N=C/c2cc(Br)c(OCc3ccc(Cl)cc3)c(OC)c2)c1C#N. The predicted octanol–water partition coefficient (Wildman–Crippen LogP) is 5.70. The molecule has 0 unspecified atom stereocenters. The number of hydrazone groups is 1. The van der Waals surface area contributed by atoms with Gasteiger partial charge in [-0.2, -0.15) is 10.4 Å². The van der Waals surface area contributed by atoms with Gasteiger partial charge >= 0.3 is 0 Å². The van der Waals surface area contributed by atoms with Gasteiger partial charge in [0.1, 0.15) is 18.2 Å². The quantitative estimate of drug-likeness (QED) is 0.206. The number of benzene rings is 2. The Morgan fingerprint density at radius 2 is 1.92 bits per heavy atom. The molecule has 38 heavy (non-hydrogen) atoms. The highest BCUT2D eigenvalue weighted by molar-refractivity contribution is 9.10. The van der Waals surface area contributed by atoms with Crippen molar-refractivity contribution in [3.8, 4) is 23.4 Å². The van der Waals surface area contributed by atoms with E-state index in [2.05, 4.69) is 53.4 Å². The molecule has 0 spiro atoms. The molecule has 3 aromatic rings. The molecule has 9 nitrogen and oxygen atoms in total. The highest BCUT2D eigenvalue weighted by Gasteiger charge is 2.18. The number of carbonyl (C=O) groups is 1. The molecule has 1 aromatic heterocycles. The lowest BCUT2D eigenvalue weighted by Crippen LogP contribution is -2.25. The number of hydrogen-bond donors (Lipinski definition) is 1. The molecule has 1 N–H and O–H groups in total. The topological polar surface area (TPSA) is 115 Å². The van der Waals surface area contributed by atoms with Crippen LogP contribution in [0.2, 0.25) is 5.02 Å². The van der Waals surface area contributed by atoms with E-state index in [9.17, 15) is 10.1 Å². The van der Waals surface area contributed by atoms with Crippen LogP contribution in [0.4, 0.5) is 0 Å². The summed E-state index contributed by atoms with van der Waals surface area (Å²) in [5.41, 5.74) is 5.37. The maximum Gasteiger partial charge on any atom is 0.278 e. The summed E-state index contributed by atoms with van der Waals surface area (Å²) in [7, 11) is 3.05. The third-order valence-electron chi connectivity index (χ3n) is 5.06. The van der Waals surface area contributed by atoms with Gasteiger partial charge in [-0.3, -0.25) is 4.79 Å². The van der Waals surface area contributed by atoms with Crippen molar-refractivity contribution in [2.75, 3.05) is 20.8 Å². The Morgan fingerprint density at radius 1 is 1.18 bits per heavy atom. The molecule has 0 aliphatic heterocycles. The van der Waals surface area contributed by atoms with Crippen LogP contribution in [-0.4, -0.2) is 37.9 Å². The lowest BCUT2D eigenvalue weighted by molar-refractivity contribution is -0.123. The van der Waals surface area contributed by atoms with Gasteiger partial charge in [-0.1, -0.05) is 23.7 Å². The standard InChI is InChI=1S/C26H23Br2ClN4O5/c1-15-24(28)20(13-35-2)19(10-30)26(32-15)38-14-23(34)33-31-11-17-8-21(27)25(22(9-17)36-3)37-12-16-4-6-18(29)7-5-16/h4-9,11H,12-14H2,1-3H3,(H,33,34)/b31-11+. The largest absolute Gasteiger partial charge is 0.493 e.